The van der Waals surface area contributed by atoms with E-state index in [9.17, 15) is 4.79 Å². The second-order valence-corrected chi connectivity index (χ2v) is 7.11. The molecular formula is C19H17Cl2N5O. The molecule has 0 bridgehead atoms. The van der Waals surface area contributed by atoms with E-state index in [-0.39, 0.29) is 5.91 Å². The molecule has 0 saturated heterocycles. The molecule has 0 unspecified atom stereocenters. The number of hydrogen-bond donors (Lipinski definition) is 1. The molecule has 3 aromatic heterocycles. The van der Waals surface area contributed by atoms with E-state index in [0.29, 0.717) is 34.4 Å². The number of amides is 1. The first-order valence-corrected chi connectivity index (χ1v) is 9.29. The highest BCUT2D eigenvalue weighted by molar-refractivity contribution is 6.31. The summed E-state index contributed by atoms with van der Waals surface area (Å²) < 4.78 is 3.65. The van der Waals surface area contributed by atoms with Crippen molar-refractivity contribution in [3.8, 4) is 0 Å². The molecule has 6 nitrogen and oxygen atoms in total. The van der Waals surface area contributed by atoms with E-state index >= 15 is 0 Å². The summed E-state index contributed by atoms with van der Waals surface area (Å²) in [5.41, 5.74) is 3.67. The first-order chi connectivity index (χ1) is 13.0. The number of hydrogen-bond acceptors (Lipinski definition) is 3. The van der Waals surface area contributed by atoms with Crippen LogP contribution in [0.5, 0.6) is 0 Å². The topological polar surface area (TPSA) is 64.2 Å². The van der Waals surface area contributed by atoms with Gasteiger partial charge in [-0.25, -0.2) is 9.97 Å². The lowest BCUT2D eigenvalue weighted by Gasteiger charge is -2.07. The van der Waals surface area contributed by atoms with Gasteiger partial charge in [0.2, 0.25) is 0 Å². The summed E-state index contributed by atoms with van der Waals surface area (Å²) in [6.45, 7) is 2.26. The summed E-state index contributed by atoms with van der Waals surface area (Å²) >= 11 is 12.2. The second kappa shape index (κ2) is 6.87. The average Bonchev–Trinajstić information content (AvgIpc) is 3.17. The van der Waals surface area contributed by atoms with Gasteiger partial charge in [-0.15, -0.1) is 0 Å². The molecule has 0 fully saturated rings. The quantitative estimate of drug-likeness (QED) is 0.561. The first-order valence-electron chi connectivity index (χ1n) is 8.53. The fourth-order valence-electron chi connectivity index (χ4n) is 3.17. The molecule has 0 aliphatic heterocycles. The molecule has 0 aliphatic carbocycles. The van der Waals surface area contributed by atoms with Crippen molar-refractivity contribution in [1.82, 2.24) is 24.3 Å². The van der Waals surface area contributed by atoms with Gasteiger partial charge in [0, 0.05) is 18.3 Å². The van der Waals surface area contributed by atoms with E-state index in [0.717, 1.165) is 22.6 Å². The number of imidazole rings is 2. The summed E-state index contributed by atoms with van der Waals surface area (Å²) in [6.07, 6.45) is 2.35. The second-order valence-electron chi connectivity index (χ2n) is 6.24. The highest BCUT2D eigenvalue weighted by Gasteiger charge is 2.19. The predicted molar refractivity (Wildman–Crippen MR) is 106 cm³/mol. The fourth-order valence-corrected chi connectivity index (χ4v) is 3.50. The number of benzene rings is 1. The maximum absolute atomic E-state index is 12.9. The van der Waals surface area contributed by atoms with Crippen molar-refractivity contribution in [2.45, 2.75) is 19.9 Å². The Morgan fingerprint density at radius 1 is 1.15 bits per heavy atom. The molecule has 0 saturated carbocycles. The minimum absolute atomic E-state index is 0.216. The zero-order valence-electron chi connectivity index (χ0n) is 14.8. The minimum Gasteiger partial charge on any atom is -0.343 e. The maximum Gasteiger partial charge on any atom is 0.270 e. The summed E-state index contributed by atoms with van der Waals surface area (Å²) in [5, 5.41) is 4.14. The van der Waals surface area contributed by atoms with Crippen LogP contribution >= 0.6 is 23.2 Å². The molecular weight excluding hydrogens is 385 g/mol. The third kappa shape index (κ3) is 3.15. The number of aromatic nitrogens is 4. The van der Waals surface area contributed by atoms with Crippen LogP contribution in [0.1, 0.15) is 28.9 Å². The zero-order chi connectivity index (χ0) is 19.1. The highest BCUT2D eigenvalue weighted by atomic mass is 35.5. The number of nitrogens with zero attached hydrogens (tertiary/aromatic N) is 4. The summed E-state index contributed by atoms with van der Waals surface area (Å²) in [4.78, 5) is 22.0. The number of carbonyl (C=O) groups is 1. The molecule has 1 amide bonds. The Morgan fingerprint density at radius 2 is 1.93 bits per heavy atom. The van der Waals surface area contributed by atoms with Crippen LogP contribution < -0.4 is 5.32 Å². The summed E-state index contributed by atoms with van der Waals surface area (Å²) in [5.74, 6) is 0.525. The van der Waals surface area contributed by atoms with E-state index in [4.69, 9.17) is 23.2 Å². The number of nitrogens with one attached hydrogen (secondary N) is 1. The van der Waals surface area contributed by atoms with E-state index < -0.39 is 0 Å². The van der Waals surface area contributed by atoms with E-state index in [1.807, 2.05) is 30.7 Å². The Kier molecular flexibility index (Phi) is 4.53. The van der Waals surface area contributed by atoms with Gasteiger partial charge in [-0.3, -0.25) is 9.20 Å². The lowest BCUT2D eigenvalue weighted by atomic mass is 10.2. The van der Waals surface area contributed by atoms with Crippen LogP contribution in [0.3, 0.4) is 0 Å². The molecule has 1 aromatic carbocycles. The van der Waals surface area contributed by atoms with Crippen molar-refractivity contribution in [3.05, 3.63) is 63.8 Å². The summed E-state index contributed by atoms with van der Waals surface area (Å²) in [7, 11) is 1.90. The molecule has 4 rings (SSSR count). The fraction of sp³-hybridized carbons (Fsp3) is 0.211. The van der Waals surface area contributed by atoms with Crippen LogP contribution in [0.15, 0.2) is 36.5 Å². The number of aryl methyl sites for hydroxylation is 2. The highest BCUT2D eigenvalue weighted by Crippen LogP contribution is 2.20. The number of pyridine rings is 1. The standard InChI is InChI=1S/C19H17Cl2N5O/c1-3-13-18(26-10-12(21)5-7-16(26)23-13)19(27)22-9-17-24-14-6-4-11(20)8-15(14)25(17)2/h4-8,10H,3,9H2,1-2H3,(H,22,27). The molecule has 4 aromatic rings. The number of fused-ring (bicyclic) bond motifs is 2. The Labute approximate surface area is 165 Å². The van der Waals surface area contributed by atoms with Gasteiger partial charge in [0.25, 0.3) is 5.91 Å². The van der Waals surface area contributed by atoms with Crippen molar-refractivity contribution in [2.75, 3.05) is 0 Å². The van der Waals surface area contributed by atoms with E-state index in [1.165, 1.54) is 0 Å². The van der Waals surface area contributed by atoms with Crippen LogP contribution in [0, 0.1) is 0 Å². The van der Waals surface area contributed by atoms with Gasteiger partial charge in [0.05, 0.1) is 28.3 Å². The molecule has 0 radical (unpaired) electrons. The Morgan fingerprint density at radius 3 is 2.70 bits per heavy atom. The van der Waals surface area contributed by atoms with E-state index in [2.05, 4.69) is 15.3 Å². The van der Waals surface area contributed by atoms with Crippen LogP contribution in [-0.4, -0.2) is 24.8 Å². The average molecular weight is 402 g/mol. The SMILES string of the molecule is CCc1nc2ccc(Cl)cn2c1C(=O)NCc1nc2ccc(Cl)cc2n1C. The zero-order valence-corrected chi connectivity index (χ0v) is 16.3. The number of halogens is 2. The molecule has 0 aliphatic rings. The van der Waals surface area contributed by atoms with Gasteiger partial charge in [0.1, 0.15) is 17.2 Å². The Hall–Kier alpha value is -2.57. The molecule has 3 heterocycles. The predicted octanol–water partition coefficient (Wildman–Crippen LogP) is 4.02. The van der Waals surface area contributed by atoms with Crippen molar-refractivity contribution >= 4 is 45.8 Å². The van der Waals surface area contributed by atoms with Crippen LogP contribution in [0.25, 0.3) is 16.7 Å². The Balaban J connectivity index is 1.64. The van der Waals surface area contributed by atoms with Gasteiger partial charge < -0.3 is 9.88 Å². The molecule has 0 spiro atoms. The smallest absolute Gasteiger partial charge is 0.270 e. The first kappa shape index (κ1) is 17.8. The molecule has 1 N–H and O–H groups in total. The van der Waals surface area contributed by atoms with Crippen molar-refractivity contribution in [3.63, 3.8) is 0 Å². The van der Waals surface area contributed by atoms with Crippen LogP contribution in [0.2, 0.25) is 10.0 Å². The lowest BCUT2D eigenvalue weighted by molar-refractivity contribution is 0.0942. The maximum atomic E-state index is 12.9. The lowest BCUT2D eigenvalue weighted by Crippen LogP contribution is -2.26. The van der Waals surface area contributed by atoms with Gasteiger partial charge in [-0.05, 0) is 36.8 Å². The van der Waals surface area contributed by atoms with Crippen molar-refractivity contribution < 1.29 is 4.79 Å². The van der Waals surface area contributed by atoms with Crippen LogP contribution in [0.4, 0.5) is 0 Å². The van der Waals surface area contributed by atoms with Crippen LogP contribution in [-0.2, 0) is 20.0 Å². The molecule has 138 valence electrons. The largest absolute Gasteiger partial charge is 0.343 e. The monoisotopic (exact) mass is 401 g/mol. The summed E-state index contributed by atoms with van der Waals surface area (Å²) in [6, 6.07) is 9.08. The Bertz CT molecular complexity index is 1180. The third-order valence-corrected chi connectivity index (χ3v) is 5.01. The number of carbonyl (C=O) groups excluding carboxylic acids is 1. The van der Waals surface area contributed by atoms with Gasteiger partial charge in [-0.2, -0.15) is 0 Å². The van der Waals surface area contributed by atoms with E-state index in [1.54, 1.807) is 28.8 Å². The molecule has 8 heteroatoms. The molecule has 0 atom stereocenters. The number of rotatable bonds is 4. The normalized spacial score (nSPS) is 11.4. The van der Waals surface area contributed by atoms with Crippen molar-refractivity contribution in [1.29, 1.82) is 0 Å². The van der Waals surface area contributed by atoms with Gasteiger partial charge in [0.15, 0.2) is 0 Å². The third-order valence-electron chi connectivity index (χ3n) is 4.55. The van der Waals surface area contributed by atoms with Gasteiger partial charge >= 0.3 is 0 Å². The van der Waals surface area contributed by atoms with Crippen molar-refractivity contribution in [2.24, 2.45) is 7.05 Å². The van der Waals surface area contributed by atoms with Gasteiger partial charge in [-0.1, -0.05) is 30.1 Å². The minimum atomic E-state index is -0.216. The molecule has 27 heavy (non-hydrogen) atoms.